The number of benzene rings is 1. The third-order valence-electron chi connectivity index (χ3n) is 4.68. The second kappa shape index (κ2) is 5.43. The first kappa shape index (κ1) is 15.4. The number of hydrogen-bond donors (Lipinski definition) is 1. The fourth-order valence-corrected chi connectivity index (χ4v) is 3.06. The van der Waals surface area contributed by atoms with Crippen molar-refractivity contribution in [1.29, 1.82) is 0 Å². The van der Waals surface area contributed by atoms with Gasteiger partial charge in [0.15, 0.2) is 5.82 Å². The molecule has 0 radical (unpaired) electrons. The monoisotopic (exact) mass is 343 g/mol. The summed E-state index contributed by atoms with van der Waals surface area (Å²) >= 11 is 6.21. The SMILES string of the molecule is Cc1nn(-c2ccc(-c3nc(C4(N)CCC4)no3)cc2)c(C)c1Cl. The quantitative estimate of drug-likeness (QED) is 0.786. The summed E-state index contributed by atoms with van der Waals surface area (Å²) in [5.74, 6) is 1.08. The van der Waals surface area contributed by atoms with Crippen LogP contribution in [-0.4, -0.2) is 19.9 Å². The molecular weight excluding hydrogens is 326 g/mol. The lowest BCUT2D eigenvalue weighted by Gasteiger charge is -2.34. The van der Waals surface area contributed by atoms with E-state index in [-0.39, 0.29) is 0 Å². The summed E-state index contributed by atoms with van der Waals surface area (Å²) in [5, 5.41) is 9.19. The van der Waals surface area contributed by atoms with Crippen LogP contribution in [0.2, 0.25) is 5.02 Å². The van der Waals surface area contributed by atoms with Gasteiger partial charge in [0.25, 0.3) is 5.89 Å². The predicted octanol–water partition coefficient (Wildman–Crippen LogP) is 3.53. The Kier molecular flexibility index (Phi) is 3.47. The molecule has 2 N–H and O–H groups in total. The van der Waals surface area contributed by atoms with E-state index in [1.807, 2.05) is 42.8 Å². The van der Waals surface area contributed by atoms with E-state index in [9.17, 15) is 0 Å². The average molecular weight is 344 g/mol. The maximum atomic E-state index is 6.24. The molecule has 0 unspecified atom stereocenters. The molecule has 1 aliphatic rings. The average Bonchev–Trinajstić information content (AvgIpc) is 3.15. The predicted molar refractivity (Wildman–Crippen MR) is 91.1 cm³/mol. The highest BCUT2D eigenvalue weighted by molar-refractivity contribution is 6.31. The summed E-state index contributed by atoms with van der Waals surface area (Å²) in [7, 11) is 0. The third kappa shape index (κ3) is 2.34. The van der Waals surface area contributed by atoms with Gasteiger partial charge < -0.3 is 10.3 Å². The van der Waals surface area contributed by atoms with Gasteiger partial charge >= 0.3 is 0 Å². The van der Waals surface area contributed by atoms with Crippen LogP contribution in [0, 0.1) is 13.8 Å². The minimum atomic E-state index is -0.415. The van der Waals surface area contributed by atoms with Crippen molar-refractivity contribution < 1.29 is 4.52 Å². The second-order valence-electron chi connectivity index (χ2n) is 6.38. The summed E-state index contributed by atoms with van der Waals surface area (Å²) in [6.45, 7) is 3.84. The van der Waals surface area contributed by atoms with Gasteiger partial charge in [-0.3, -0.25) is 0 Å². The Morgan fingerprint density at radius 1 is 1.21 bits per heavy atom. The number of hydrogen-bond acceptors (Lipinski definition) is 5. The van der Waals surface area contributed by atoms with E-state index in [0.29, 0.717) is 16.7 Å². The van der Waals surface area contributed by atoms with Crippen molar-refractivity contribution in [2.45, 2.75) is 38.6 Å². The van der Waals surface area contributed by atoms with Gasteiger partial charge in [0.1, 0.15) is 0 Å². The first-order valence-electron chi connectivity index (χ1n) is 7.93. The van der Waals surface area contributed by atoms with Crippen LogP contribution in [-0.2, 0) is 5.54 Å². The lowest BCUT2D eigenvalue weighted by atomic mass is 9.77. The molecule has 6 nitrogen and oxygen atoms in total. The lowest BCUT2D eigenvalue weighted by Crippen LogP contribution is -2.44. The van der Waals surface area contributed by atoms with Gasteiger partial charge in [0, 0.05) is 5.56 Å². The molecule has 0 spiro atoms. The maximum Gasteiger partial charge on any atom is 0.257 e. The highest BCUT2D eigenvalue weighted by Gasteiger charge is 2.39. The minimum Gasteiger partial charge on any atom is -0.334 e. The molecule has 1 aromatic carbocycles. The Morgan fingerprint density at radius 2 is 1.92 bits per heavy atom. The molecule has 7 heteroatoms. The van der Waals surface area contributed by atoms with Gasteiger partial charge in [-0.25, -0.2) is 4.68 Å². The van der Waals surface area contributed by atoms with Crippen molar-refractivity contribution in [3.8, 4) is 17.1 Å². The zero-order chi connectivity index (χ0) is 16.9. The number of nitrogens with zero attached hydrogens (tertiary/aromatic N) is 4. The minimum absolute atomic E-state index is 0.415. The third-order valence-corrected chi connectivity index (χ3v) is 5.23. The van der Waals surface area contributed by atoms with Crippen LogP contribution >= 0.6 is 11.6 Å². The summed E-state index contributed by atoms with van der Waals surface area (Å²) in [5.41, 5.74) is 9.34. The Balaban J connectivity index is 1.63. The van der Waals surface area contributed by atoms with Crippen LogP contribution in [0.3, 0.4) is 0 Å². The van der Waals surface area contributed by atoms with E-state index in [1.54, 1.807) is 0 Å². The number of halogens is 1. The Hall–Kier alpha value is -2.18. The van der Waals surface area contributed by atoms with E-state index in [1.165, 1.54) is 0 Å². The summed E-state index contributed by atoms with van der Waals surface area (Å²) in [6, 6.07) is 7.77. The molecule has 0 bridgehead atoms. The zero-order valence-corrected chi connectivity index (χ0v) is 14.3. The second-order valence-corrected chi connectivity index (χ2v) is 6.75. The maximum absolute atomic E-state index is 6.24. The molecule has 0 saturated heterocycles. The molecule has 1 aliphatic carbocycles. The molecule has 1 saturated carbocycles. The molecule has 1 fully saturated rings. The zero-order valence-electron chi connectivity index (χ0n) is 13.6. The van der Waals surface area contributed by atoms with E-state index in [0.717, 1.165) is 41.9 Å². The number of aryl methyl sites for hydroxylation is 1. The van der Waals surface area contributed by atoms with E-state index >= 15 is 0 Å². The summed E-state index contributed by atoms with van der Waals surface area (Å²) in [6.07, 6.45) is 2.92. The fourth-order valence-electron chi connectivity index (χ4n) is 2.94. The highest BCUT2D eigenvalue weighted by Crippen LogP contribution is 2.37. The van der Waals surface area contributed by atoms with Crippen molar-refractivity contribution in [3.05, 3.63) is 46.5 Å². The molecule has 4 rings (SSSR count). The van der Waals surface area contributed by atoms with Gasteiger partial charge in [-0.05, 0) is 57.4 Å². The summed E-state index contributed by atoms with van der Waals surface area (Å²) in [4.78, 5) is 4.47. The molecule has 2 aromatic heterocycles. The van der Waals surface area contributed by atoms with Gasteiger partial charge in [0.2, 0.25) is 0 Å². The summed E-state index contributed by atoms with van der Waals surface area (Å²) < 4.78 is 7.20. The smallest absolute Gasteiger partial charge is 0.257 e. The largest absolute Gasteiger partial charge is 0.334 e. The van der Waals surface area contributed by atoms with Crippen molar-refractivity contribution in [3.63, 3.8) is 0 Å². The first-order chi connectivity index (χ1) is 11.5. The fraction of sp³-hybridized carbons (Fsp3) is 0.353. The van der Waals surface area contributed by atoms with Crippen LogP contribution in [0.4, 0.5) is 0 Å². The van der Waals surface area contributed by atoms with E-state index in [2.05, 4.69) is 15.2 Å². The number of aromatic nitrogens is 4. The van der Waals surface area contributed by atoms with Crippen LogP contribution in [0.25, 0.3) is 17.1 Å². The van der Waals surface area contributed by atoms with Crippen molar-refractivity contribution >= 4 is 11.6 Å². The van der Waals surface area contributed by atoms with Gasteiger partial charge in [-0.1, -0.05) is 16.8 Å². The highest BCUT2D eigenvalue weighted by atomic mass is 35.5. The number of rotatable bonds is 3. The standard InChI is InChI=1S/C17H18ClN5O/c1-10-14(18)11(2)23(21-10)13-6-4-12(5-7-13)15-20-16(22-24-15)17(19)8-3-9-17/h4-7H,3,8-9,19H2,1-2H3. The van der Waals surface area contributed by atoms with Gasteiger partial charge in [-0.15, -0.1) is 0 Å². The lowest BCUT2D eigenvalue weighted by molar-refractivity contribution is 0.229. The number of nitrogens with two attached hydrogens (primary N) is 1. The van der Waals surface area contributed by atoms with Crippen molar-refractivity contribution in [2.24, 2.45) is 5.73 Å². The van der Waals surface area contributed by atoms with Gasteiger partial charge in [-0.2, -0.15) is 10.1 Å². The van der Waals surface area contributed by atoms with Crippen LogP contribution in [0.5, 0.6) is 0 Å². The van der Waals surface area contributed by atoms with E-state index < -0.39 is 5.54 Å². The normalized spacial score (nSPS) is 16.2. The Bertz CT molecular complexity index is 892. The topological polar surface area (TPSA) is 82.8 Å². The molecule has 0 atom stereocenters. The van der Waals surface area contributed by atoms with Crippen LogP contribution in [0.15, 0.2) is 28.8 Å². The first-order valence-corrected chi connectivity index (χ1v) is 8.31. The molecule has 0 amide bonds. The molecule has 2 heterocycles. The van der Waals surface area contributed by atoms with E-state index in [4.69, 9.17) is 21.9 Å². The molecule has 0 aliphatic heterocycles. The Labute approximate surface area is 144 Å². The molecular formula is C17H18ClN5O. The molecule has 24 heavy (non-hydrogen) atoms. The molecule has 124 valence electrons. The van der Waals surface area contributed by atoms with Crippen molar-refractivity contribution in [2.75, 3.05) is 0 Å². The van der Waals surface area contributed by atoms with Crippen LogP contribution < -0.4 is 5.73 Å². The Morgan fingerprint density at radius 3 is 2.46 bits per heavy atom. The van der Waals surface area contributed by atoms with Crippen LogP contribution in [0.1, 0.15) is 36.5 Å². The molecule has 3 aromatic rings. The van der Waals surface area contributed by atoms with Gasteiger partial charge in [0.05, 0.1) is 27.6 Å². The van der Waals surface area contributed by atoms with Crippen molar-refractivity contribution in [1.82, 2.24) is 19.9 Å².